The van der Waals surface area contributed by atoms with E-state index in [0.29, 0.717) is 37.3 Å². The molecule has 1 aliphatic heterocycles. The van der Waals surface area contributed by atoms with Crippen LogP contribution in [0, 0.1) is 6.92 Å². The third kappa shape index (κ3) is 3.64. The Balaban J connectivity index is 1.63. The fraction of sp³-hybridized carbons (Fsp3) is 0.552. The Morgan fingerprint density at radius 3 is 2.00 bits per heavy atom. The van der Waals surface area contributed by atoms with Crippen molar-refractivity contribution >= 4 is 11.6 Å². The lowest BCUT2D eigenvalue weighted by atomic mass is 9.62. The van der Waals surface area contributed by atoms with Crippen LogP contribution in [0.1, 0.15) is 99.2 Å². The van der Waals surface area contributed by atoms with Crippen LogP contribution in [0.3, 0.4) is 0 Å². The molecule has 2 aromatic rings. The molecule has 5 rings (SSSR count). The number of aromatic nitrogens is 1. The highest BCUT2D eigenvalue weighted by Gasteiger charge is 2.45. The summed E-state index contributed by atoms with van der Waals surface area (Å²) in [4.78, 5) is 29.2. The van der Waals surface area contributed by atoms with Crippen LogP contribution in [-0.2, 0) is 35.7 Å². The van der Waals surface area contributed by atoms with Gasteiger partial charge in [-0.05, 0) is 71.4 Å². The van der Waals surface area contributed by atoms with E-state index in [1.54, 1.807) is 6.20 Å². The minimum Gasteiger partial charge on any atom is -0.341 e. The van der Waals surface area contributed by atoms with Crippen molar-refractivity contribution in [3.05, 3.63) is 64.0 Å². The first kappa shape index (κ1) is 23.4. The van der Waals surface area contributed by atoms with Gasteiger partial charge < -0.3 is 9.47 Å². The molecule has 0 bridgehead atoms. The number of hydrogen-bond acceptors (Lipinski definition) is 5. The van der Waals surface area contributed by atoms with Crippen LogP contribution in [-0.4, -0.2) is 29.8 Å². The van der Waals surface area contributed by atoms with E-state index >= 15 is 0 Å². The number of carbonyl (C=O) groups excluding carboxylic acids is 2. The molecular weight excluding hydrogens is 426 g/mol. The summed E-state index contributed by atoms with van der Waals surface area (Å²) >= 11 is 0. The maximum Gasteiger partial charge on any atom is 0.240 e. The van der Waals surface area contributed by atoms with Gasteiger partial charge in [-0.25, -0.2) is 0 Å². The zero-order chi connectivity index (χ0) is 24.3. The molecule has 1 aromatic carbocycles. The molecule has 1 saturated carbocycles. The van der Waals surface area contributed by atoms with E-state index in [2.05, 4.69) is 46.8 Å². The molecule has 0 N–H and O–H groups in total. The fourth-order valence-electron chi connectivity index (χ4n) is 5.91. The third-order valence-corrected chi connectivity index (χ3v) is 8.17. The van der Waals surface area contributed by atoms with Gasteiger partial charge in [-0.1, -0.05) is 39.8 Å². The lowest BCUT2D eigenvalue weighted by molar-refractivity contribution is -0.251. The average molecular weight is 462 g/mol. The van der Waals surface area contributed by atoms with Crippen molar-refractivity contribution in [2.45, 2.75) is 89.3 Å². The van der Waals surface area contributed by atoms with E-state index in [0.717, 1.165) is 30.4 Å². The quantitative estimate of drug-likeness (QED) is 0.573. The Labute approximate surface area is 202 Å². The molecule has 0 spiro atoms. The minimum atomic E-state index is -1.10. The van der Waals surface area contributed by atoms with Gasteiger partial charge in [-0.3, -0.25) is 14.6 Å². The van der Waals surface area contributed by atoms with Crippen molar-refractivity contribution in [2.75, 3.05) is 13.2 Å². The summed E-state index contributed by atoms with van der Waals surface area (Å²) in [5.41, 5.74) is 6.36. The van der Waals surface area contributed by atoms with E-state index in [1.165, 1.54) is 11.1 Å². The van der Waals surface area contributed by atoms with Gasteiger partial charge in [-0.2, -0.15) is 0 Å². The highest BCUT2D eigenvalue weighted by Crippen LogP contribution is 2.49. The first-order valence-corrected chi connectivity index (χ1v) is 12.5. The predicted molar refractivity (Wildman–Crippen MR) is 130 cm³/mol. The largest absolute Gasteiger partial charge is 0.341 e. The second kappa shape index (κ2) is 8.10. The molecule has 1 saturated heterocycles. The van der Waals surface area contributed by atoms with Crippen LogP contribution in [0.15, 0.2) is 30.5 Å². The van der Waals surface area contributed by atoms with E-state index in [9.17, 15) is 9.59 Å². The molecular formula is C29H35NO4. The van der Waals surface area contributed by atoms with E-state index < -0.39 is 11.7 Å². The molecule has 2 heterocycles. The maximum absolute atomic E-state index is 12.3. The Morgan fingerprint density at radius 1 is 0.853 bits per heavy atom. The number of ether oxygens (including phenoxy) is 2. The molecule has 5 heteroatoms. The molecule has 0 unspecified atom stereocenters. The number of nitrogens with zero attached hydrogens (tertiary/aromatic N) is 1. The molecule has 2 fully saturated rings. The number of ketones is 2. The minimum absolute atomic E-state index is 0.0187. The maximum atomic E-state index is 12.3. The van der Waals surface area contributed by atoms with Gasteiger partial charge in [-0.15, -0.1) is 0 Å². The Kier molecular flexibility index (Phi) is 5.57. The normalized spacial score (nSPS) is 23.7. The van der Waals surface area contributed by atoms with Gasteiger partial charge in [0.1, 0.15) is 23.2 Å². The fourth-order valence-corrected chi connectivity index (χ4v) is 5.91. The monoisotopic (exact) mass is 461 g/mol. The van der Waals surface area contributed by atoms with Crippen molar-refractivity contribution < 1.29 is 19.1 Å². The molecule has 1 aromatic heterocycles. The molecule has 0 atom stereocenters. The van der Waals surface area contributed by atoms with Crippen molar-refractivity contribution in [1.29, 1.82) is 0 Å². The van der Waals surface area contributed by atoms with Gasteiger partial charge in [0.05, 0.1) is 13.2 Å². The SMILES string of the molecule is Cc1cc2c(cc1C1(c3ccc(C4C(=O)CCC4=O)cn3)OCCCO1)C(C)(C)CCC2(C)C. The molecule has 0 amide bonds. The van der Waals surface area contributed by atoms with Crippen LogP contribution in [0.25, 0.3) is 0 Å². The number of pyridine rings is 1. The summed E-state index contributed by atoms with van der Waals surface area (Å²) in [6.07, 6.45) is 5.41. The second-order valence-electron chi connectivity index (χ2n) is 11.5. The number of fused-ring (bicyclic) bond motifs is 1. The number of hydrogen-bond donors (Lipinski definition) is 0. The highest BCUT2D eigenvalue weighted by molar-refractivity contribution is 6.13. The zero-order valence-corrected chi connectivity index (χ0v) is 21.0. The van der Waals surface area contributed by atoms with E-state index in [4.69, 9.17) is 14.5 Å². The molecule has 5 nitrogen and oxygen atoms in total. The molecule has 2 aliphatic carbocycles. The zero-order valence-electron chi connectivity index (χ0n) is 21.0. The van der Waals surface area contributed by atoms with Crippen molar-refractivity contribution in [3.63, 3.8) is 0 Å². The van der Waals surface area contributed by atoms with Gasteiger partial charge in [0.25, 0.3) is 0 Å². The Hall–Kier alpha value is -2.37. The first-order chi connectivity index (χ1) is 16.1. The molecule has 0 radical (unpaired) electrons. The van der Waals surface area contributed by atoms with Gasteiger partial charge >= 0.3 is 0 Å². The van der Waals surface area contributed by atoms with Crippen molar-refractivity contribution in [1.82, 2.24) is 4.98 Å². The lowest BCUT2D eigenvalue weighted by Crippen LogP contribution is -2.42. The molecule has 34 heavy (non-hydrogen) atoms. The predicted octanol–water partition coefficient (Wildman–Crippen LogP) is 5.39. The summed E-state index contributed by atoms with van der Waals surface area (Å²) in [6, 6.07) is 8.32. The Morgan fingerprint density at radius 2 is 1.44 bits per heavy atom. The second-order valence-corrected chi connectivity index (χ2v) is 11.5. The van der Waals surface area contributed by atoms with Crippen LogP contribution < -0.4 is 0 Å². The Bertz CT molecular complexity index is 1120. The summed E-state index contributed by atoms with van der Waals surface area (Å²) in [5.74, 6) is -1.82. The summed E-state index contributed by atoms with van der Waals surface area (Å²) in [6.45, 7) is 12.6. The summed E-state index contributed by atoms with van der Waals surface area (Å²) in [5, 5.41) is 0. The van der Waals surface area contributed by atoms with Crippen LogP contribution >= 0.6 is 0 Å². The molecule has 180 valence electrons. The summed E-state index contributed by atoms with van der Waals surface area (Å²) in [7, 11) is 0. The highest BCUT2D eigenvalue weighted by atomic mass is 16.7. The van der Waals surface area contributed by atoms with Crippen LogP contribution in [0.5, 0.6) is 0 Å². The summed E-state index contributed by atoms with van der Waals surface area (Å²) < 4.78 is 12.8. The standard InChI is InChI=1S/C29H35NO4/c1-18-15-21-22(28(4,5)12-11-27(21,2)3)16-20(18)29(33-13-6-14-34-29)25-10-7-19(17-30-25)26-23(31)8-9-24(26)32/h7,10,15-17,26H,6,8-9,11-14H2,1-5H3. The van der Waals surface area contributed by atoms with Gasteiger partial charge in [0.15, 0.2) is 0 Å². The van der Waals surface area contributed by atoms with Gasteiger partial charge in [0, 0.05) is 24.6 Å². The molecule has 3 aliphatic rings. The van der Waals surface area contributed by atoms with E-state index in [1.807, 2.05) is 12.1 Å². The topological polar surface area (TPSA) is 65.5 Å². The number of benzene rings is 1. The van der Waals surface area contributed by atoms with Crippen molar-refractivity contribution in [2.24, 2.45) is 0 Å². The number of aryl methyl sites for hydroxylation is 1. The van der Waals surface area contributed by atoms with Crippen LogP contribution in [0.4, 0.5) is 0 Å². The van der Waals surface area contributed by atoms with Crippen LogP contribution in [0.2, 0.25) is 0 Å². The first-order valence-electron chi connectivity index (χ1n) is 12.5. The van der Waals surface area contributed by atoms with Gasteiger partial charge in [0.2, 0.25) is 5.79 Å². The van der Waals surface area contributed by atoms with E-state index in [-0.39, 0.29) is 22.4 Å². The number of rotatable bonds is 3. The average Bonchev–Trinajstić information content (AvgIpc) is 3.15. The number of Topliss-reactive ketones (excluding diaryl/α,β-unsaturated/α-hetero) is 2. The number of carbonyl (C=O) groups is 2. The smallest absolute Gasteiger partial charge is 0.240 e. The third-order valence-electron chi connectivity index (χ3n) is 8.17. The lowest BCUT2D eigenvalue weighted by Gasteiger charge is -2.44. The van der Waals surface area contributed by atoms with Crippen molar-refractivity contribution in [3.8, 4) is 0 Å².